The summed E-state index contributed by atoms with van der Waals surface area (Å²) in [5, 5.41) is 7.74. The smallest absolute Gasteiger partial charge is 0.140 e. The molecule has 8 rings (SSSR count). The Morgan fingerprint density at radius 2 is 1.27 bits per heavy atom. The van der Waals surface area contributed by atoms with Gasteiger partial charge in [-0.3, -0.25) is 0 Å². The fraction of sp³-hybridized carbons (Fsp3) is 0.0333. The van der Waals surface area contributed by atoms with Crippen LogP contribution in [0.5, 0.6) is 0 Å². The topological polar surface area (TPSA) is 22.2 Å². The van der Waals surface area contributed by atoms with Crippen LogP contribution in [0.1, 0.15) is 0 Å². The van der Waals surface area contributed by atoms with Crippen molar-refractivity contribution in [2.24, 2.45) is 7.05 Å². The predicted octanol–water partition coefficient (Wildman–Crippen LogP) is 7.54. The molecule has 33 heavy (non-hydrogen) atoms. The number of aromatic nitrogens is 3. The first-order chi connectivity index (χ1) is 16.3. The van der Waals surface area contributed by atoms with E-state index in [4.69, 9.17) is 4.98 Å². The summed E-state index contributed by atoms with van der Waals surface area (Å²) in [6.07, 6.45) is 0. The van der Waals surface area contributed by atoms with Crippen molar-refractivity contribution in [2.75, 3.05) is 0 Å². The van der Waals surface area contributed by atoms with E-state index in [1.54, 1.807) is 0 Å². The second kappa shape index (κ2) is 5.90. The van der Waals surface area contributed by atoms with E-state index >= 15 is 0 Å². The van der Waals surface area contributed by atoms with Crippen molar-refractivity contribution < 1.29 is 0 Å². The van der Waals surface area contributed by atoms with Crippen LogP contribution in [0.4, 0.5) is 0 Å². The fourth-order valence-corrected chi connectivity index (χ4v) is 5.77. The quantitative estimate of drug-likeness (QED) is 0.268. The molecular weight excluding hydrogens is 402 g/mol. The molecule has 3 nitrogen and oxygen atoms in total. The standard InChI is InChI=1S/C30H19N3/c1-32-27-17-24-19(16-25(27)31-30(32)18-8-3-2-4-9-18)14-15-23-22-12-7-11-21-20-10-5-6-13-26(20)33(28(21)22)29(23)24/h2-17H,1H3. The molecule has 0 saturated carbocycles. The lowest BCUT2D eigenvalue weighted by Crippen LogP contribution is -1.92. The second-order valence-corrected chi connectivity index (χ2v) is 8.94. The van der Waals surface area contributed by atoms with Crippen LogP contribution in [-0.2, 0) is 7.05 Å². The van der Waals surface area contributed by atoms with E-state index in [1.165, 1.54) is 48.9 Å². The average molecular weight is 422 g/mol. The minimum atomic E-state index is 0.995. The van der Waals surface area contributed by atoms with E-state index in [9.17, 15) is 0 Å². The van der Waals surface area contributed by atoms with Crippen molar-refractivity contribution >= 4 is 59.9 Å². The fourth-order valence-electron chi connectivity index (χ4n) is 5.77. The van der Waals surface area contributed by atoms with E-state index in [1.807, 2.05) is 6.07 Å². The molecule has 154 valence electrons. The van der Waals surface area contributed by atoms with Gasteiger partial charge in [0.1, 0.15) is 5.82 Å². The summed E-state index contributed by atoms with van der Waals surface area (Å²) in [6.45, 7) is 0. The number of para-hydroxylation sites is 2. The van der Waals surface area contributed by atoms with Crippen molar-refractivity contribution in [2.45, 2.75) is 0 Å². The number of nitrogens with zero attached hydrogens (tertiary/aromatic N) is 3. The molecule has 8 aromatic rings. The Balaban J connectivity index is 1.58. The Bertz CT molecular complexity index is 2020. The van der Waals surface area contributed by atoms with Crippen molar-refractivity contribution in [3.63, 3.8) is 0 Å². The van der Waals surface area contributed by atoms with Crippen molar-refractivity contribution in [3.8, 4) is 11.4 Å². The van der Waals surface area contributed by atoms with Crippen LogP contribution in [0.3, 0.4) is 0 Å². The summed E-state index contributed by atoms with van der Waals surface area (Å²) in [4.78, 5) is 5.00. The highest BCUT2D eigenvalue weighted by atomic mass is 15.1. The lowest BCUT2D eigenvalue weighted by Gasteiger charge is -2.05. The molecule has 0 radical (unpaired) electrons. The molecule has 5 aromatic carbocycles. The highest BCUT2D eigenvalue weighted by Gasteiger charge is 2.19. The molecule has 0 spiro atoms. The zero-order valence-electron chi connectivity index (χ0n) is 18.1. The zero-order valence-corrected chi connectivity index (χ0v) is 18.1. The van der Waals surface area contributed by atoms with Gasteiger partial charge in [0.2, 0.25) is 0 Å². The van der Waals surface area contributed by atoms with Crippen LogP contribution in [0.15, 0.2) is 97.1 Å². The third kappa shape index (κ3) is 2.07. The van der Waals surface area contributed by atoms with E-state index in [0.717, 1.165) is 22.4 Å². The van der Waals surface area contributed by atoms with Gasteiger partial charge >= 0.3 is 0 Å². The first-order valence-corrected chi connectivity index (χ1v) is 11.3. The predicted molar refractivity (Wildman–Crippen MR) is 138 cm³/mol. The van der Waals surface area contributed by atoms with Gasteiger partial charge in [0.05, 0.1) is 27.6 Å². The van der Waals surface area contributed by atoms with Crippen LogP contribution < -0.4 is 0 Å². The zero-order chi connectivity index (χ0) is 21.7. The molecule has 0 N–H and O–H groups in total. The molecule has 0 fully saturated rings. The van der Waals surface area contributed by atoms with Gasteiger partial charge in [-0.1, -0.05) is 78.9 Å². The van der Waals surface area contributed by atoms with Crippen molar-refractivity contribution in [1.29, 1.82) is 0 Å². The van der Waals surface area contributed by atoms with Crippen LogP contribution in [0, 0.1) is 0 Å². The Morgan fingerprint density at radius 1 is 0.576 bits per heavy atom. The van der Waals surface area contributed by atoms with Gasteiger partial charge in [-0.2, -0.15) is 0 Å². The Hall–Kier alpha value is -4.37. The molecule has 0 atom stereocenters. The monoisotopic (exact) mass is 421 g/mol. The van der Waals surface area contributed by atoms with Gasteiger partial charge in [0.15, 0.2) is 0 Å². The number of imidazole rings is 1. The summed E-state index contributed by atoms with van der Waals surface area (Å²) in [5.74, 6) is 0.995. The third-order valence-corrected chi connectivity index (χ3v) is 7.23. The van der Waals surface area contributed by atoms with Gasteiger partial charge in [0, 0.05) is 39.5 Å². The van der Waals surface area contributed by atoms with Crippen LogP contribution in [0.25, 0.3) is 71.3 Å². The normalized spacial score (nSPS) is 12.4. The summed E-state index contributed by atoms with van der Waals surface area (Å²) in [6, 6.07) is 35.0. The van der Waals surface area contributed by atoms with E-state index in [-0.39, 0.29) is 0 Å². The van der Waals surface area contributed by atoms with Crippen LogP contribution in [0.2, 0.25) is 0 Å². The molecular formula is C30H19N3. The highest BCUT2D eigenvalue weighted by Crippen LogP contribution is 2.42. The van der Waals surface area contributed by atoms with Crippen molar-refractivity contribution in [1.82, 2.24) is 14.0 Å². The molecule has 0 unspecified atom stereocenters. The molecule has 0 amide bonds. The average Bonchev–Trinajstić information content (AvgIpc) is 3.50. The number of rotatable bonds is 1. The van der Waals surface area contributed by atoms with Crippen LogP contribution >= 0.6 is 0 Å². The lowest BCUT2D eigenvalue weighted by atomic mass is 10.0. The molecule has 0 bridgehead atoms. The number of hydrogen-bond acceptors (Lipinski definition) is 1. The molecule has 0 aliphatic heterocycles. The molecule has 3 aromatic heterocycles. The molecule has 3 heterocycles. The van der Waals surface area contributed by atoms with Crippen LogP contribution in [-0.4, -0.2) is 14.0 Å². The maximum atomic E-state index is 5.00. The van der Waals surface area contributed by atoms with Gasteiger partial charge in [-0.25, -0.2) is 4.98 Å². The number of fused-ring (bicyclic) bond motifs is 9. The summed E-state index contributed by atoms with van der Waals surface area (Å²) in [7, 11) is 2.12. The summed E-state index contributed by atoms with van der Waals surface area (Å²) >= 11 is 0. The Labute approximate surface area is 189 Å². The van der Waals surface area contributed by atoms with Gasteiger partial charge < -0.3 is 8.97 Å². The summed E-state index contributed by atoms with van der Waals surface area (Å²) < 4.78 is 4.69. The number of aryl methyl sites for hydroxylation is 1. The molecule has 0 aliphatic rings. The van der Waals surface area contributed by atoms with Gasteiger partial charge in [0.25, 0.3) is 0 Å². The minimum Gasteiger partial charge on any atom is -0.327 e. The van der Waals surface area contributed by atoms with E-state index < -0.39 is 0 Å². The second-order valence-electron chi connectivity index (χ2n) is 8.94. The Morgan fingerprint density at radius 3 is 2.15 bits per heavy atom. The third-order valence-electron chi connectivity index (χ3n) is 7.23. The minimum absolute atomic E-state index is 0.995. The van der Waals surface area contributed by atoms with Gasteiger partial charge in [-0.05, 0) is 23.6 Å². The molecule has 0 saturated heterocycles. The van der Waals surface area contributed by atoms with E-state index in [0.29, 0.717) is 0 Å². The largest absolute Gasteiger partial charge is 0.327 e. The number of hydrogen-bond donors (Lipinski definition) is 0. The summed E-state index contributed by atoms with van der Waals surface area (Å²) in [5.41, 5.74) is 7.18. The van der Waals surface area contributed by atoms with Crippen molar-refractivity contribution in [3.05, 3.63) is 97.1 Å². The Kier molecular flexibility index (Phi) is 3.08. The van der Waals surface area contributed by atoms with E-state index in [2.05, 4.69) is 107 Å². The first kappa shape index (κ1) is 17.2. The maximum Gasteiger partial charge on any atom is 0.140 e. The lowest BCUT2D eigenvalue weighted by molar-refractivity contribution is 0.960. The SMILES string of the molecule is Cn1c(-c2ccccc2)nc2cc3ccc4c5cccc6c7ccccc7n(c4c3cc21)c65. The van der Waals surface area contributed by atoms with Gasteiger partial charge in [-0.15, -0.1) is 0 Å². The highest BCUT2D eigenvalue weighted by molar-refractivity contribution is 6.27. The number of benzene rings is 5. The first-order valence-electron chi connectivity index (χ1n) is 11.3. The molecule has 3 heteroatoms. The molecule has 0 aliphatic carbocycles. The maximum absolute atomic E-state index is 5.00.